The minimum absolute atomic E-state index is 0.0273. The first-order valence-electron chi connectivity index (χ1n) is 6.54. The van der Waals surface area contributed by atoms with Crippen molar-refractivity contribution in [2.45, 2.75) is 49.3 Å². The number of rotatable bonds is 5. The van der Waals surface area contributed by atoms with Crippen LogP contribution in [0.2, 0.25) is 0 Å². The van der Waals surface area contributed by atoms with Crippen molar-refractivity contribution in [2.24, 2.45) is 0 Å². The van der Waals surface area contributed by atoms with Gasteiger partial charge in [-0.3, -0.25) is 0 Å². The monoisotopic (exact) mass is 322 g/mol. The van der Waals surface area contributed by atoms with Gasteiger partial charge in [0.15, 0.2) is 0 Å². The topological polar surface area (TPSA) is 58.2 Å². The Morgan fingerprint density at radius 1 is 1.19 bits per heavy atom. The van der Waals surface area contributed by atoms with Gasteiger partial charge >= 0.3 is 6.18 Å². The van der Waals surface area contributed by atoms with Crippen LogP contribution in [0.25, 0.3) is 0 Å². The molecular weight excluding hydrogens is 305 g/mol. The second kappa shape index (κ2) is 5.17. The summed E-state index contributed by atoms with van der Waals surface area (Å²) in [5.74, 6) is 0. The molecule has 8 heteroatoms. The molecule has 0 spiro atoms. The average molecular weight is 322 g/mol. The van der Waals surface area contributed by atoms with E-state index in [9.17, 15) is 21.6 Å². The molecule has 2 N–H and O–H groups in total. The van der Waals surface area contributed by atoms with Crippen molar-refractivity contribution < 1.29 is 21.6 Å². The number of nitrogens with one attached hydrogen (secondary N) is 2. The van der Waals surface area contributed by atoms with E-state index >= 15 is 0 Å². The van der Waals surface area contributed by atoms with Crippen LogP contribution in [0.15, 0.2) is 29.2 Å². The predicted octanol–water partition coefficient (Wildman–Crippen LogP) is 2.88. The lowest BCUT2D eigenvalue weighted by Gasteiger charge is -2.23. The van der Waals surface area contributed by atoms with Gasteiger partial charge in [-0.1, -0.05) is 12.1 Å². The Bertz CT molecular complexity index is 623. The van der Waals surface area contributed by atoms with Crippen molar-refractivity contribution >= 4 is 15.7 Å². The largest absolute Gasteiger partial charge is 0.411 e. The summed E-state index contributed by atoms with van der Waals surface area (Å²) in [5, 5.41) is 2.37. The van der Waals surface area contributed by atoms with Gasteiger partial charge in [0.25, 0.3) is 0 Å². The Morgan fingerprint density at radius 2 is 1.76 bits per heavy atom. The summed E-state index contributed by atoms with van der Waals surface area (Å²) in [5.41, 5.74) is -2.03. The summed E-state index contributed by atoms with van der Waals surface area (Å²) in [6.45, 7) is 3.29. The van der Waals surface area contributed by atoms with Crippen LogP contribution < -0.4 is 10.0 Å². The molecule has 1 fully saturated rings. The first-order chi connectivity index (χ1) is 9.57. The number of hydrogen-bond acceptors (Lipinski definition) is 3. The quantitative estimate of drug-likeness (QED) is 0.876. The molecule has 1 aliphatic rings. The highest BCUT2D eigenvalue weighted by atomic mass is 32.2. The highest BCUT2D eigenvalue weighted by molar-refractivity contribution is 7.89. The van der Waals surface area contributed by atoms with Gasteiger partial charge in [0.1, 0.15) is 10.4 Å². The zero-order valence-corrected chi connectivity index (χ0v) is 12.5. The number of benzene rings is 1. The minimum Gasteiger partial charge on any atom is -0.370 e. The highest BCUT2D eigenvalue weighted by Gasteiger charge is 2.63. The van der Waals surface area contributed by atoms with E-state index in [1.807, 2.05) is 0 Å². The Kier molecular flexibility index (Phi) is 3.96. The smallest absolute Gasteiger partial charge is 0.370 e. The molecule has 0 bridgehead atoms. The van der Waals surface area contributed by atoms with E-state index < -0.39 is 21.7 Å². The second-order valence-electron chi connectivity index (χ2n) is 5.48. The highest BCUT2D eigenvalue weighted by Crippen LogP contribution is 2.51. The van der Waals surface area contributed by atoms with Crippen molar-refractivity contribution in [1.82, 2.24) is 4.72 Å². The third kappa shape index (κ3) is 3.32. The number of hydrogen-bond donors (Lipinski definition) is 2. The minimum atomic E-state index is -4.41. The standard InChI is InChI=1S/C13H17F3N2O2S/c1-9(2)18-21(19,20)11-6-4-3-5-10(11)17-12(7-8-12)13(14,15)16/h3-6,9,17-18H,7-8H2,1-2H3. The molecule has 0 heterocycles. The van der Waals surface area contributed by atoms with Crippen LogP contribution in [-0.2, 0) is 10.0 Å². The Morgan fingerprint density at radius 3 is 2.24 bits per heavy atom. The lowest BCUT2D eigenvalue weighted by molar-refractivity contribution is -0.151. The molecule has 1 aliphatic carbocycles. The van der Waals surface area contributed by atoms with Crippen LogP contribution in [0, 0.1) is 0 Å². The molecule has 4 nitrogen and oxygen atoms in total. The average Bonchev–Trinajstić information content (AvgIpc) is 3.08. The van der Waals surface area contributed by atoms with Gasteiger partial charge in [-0.25, -0.2) is 13.1 Å². The molecule has 1 aromatic carbocycles. The van der Waals surface area contributed by atoms with Crippen LogP contribution in [0.4, 0.5) is 18.9 Å². The molecule has 1 aromatic rings. The van der Waals surface area contributed by atoms with E-state index in [1.54, 1.807) is 13.8 Å². The zero-order chi connectivity index (χ0) is 15.9. The van der Waals surface area contributed by atoms with Gasteiger partial charge in [0.05, 0.1) is 5.69 Å². The maximum atomic E-state index is 13.0. The molecule has 21 heavy (non-hydrogen) atoms. The number of halogens is 3. The number of alkyl halides is 3. The number of anilines is 1. The normalized spacial score (nSPS) is 17.8. The van der Waals surface area contributed by atoms with E-state index in [-0.39, 0.29) is 29.5 Å². The second-order valence-corrected chi connectivity index (χ2v) is 7.16. The van der Waals surface area contributed by atoms with Crippen molar-refractivity contribution in [3.05, 3.63) is 24.3 Å². The van der Waals surface area contributed by atoms with Crippen molar-refractivity contribution in [1.29, 1.82) is 0 Å². The van der Waals surface area contributed by atoms with Crippen molar-refractivity contribution in [3.8, 4) is 0 Å². The molecule has 0 aliphatic heterocycles. The van der Waals surface area contributed by atoms with Gasteiger partial charge < -0.3 is 5.32 Å². The lowest BCUT2D eigenvalue weighted by atomic mass is 10.2. The molecule has 0 unspecified atom stereocenters. The molecule has 0 aromatic heterocycles. The summed E-state index contributed by atoms with van der Waals surface area (Å²) < 4.78 is 65.7. The van der Waals surface area contributed by atoms with Crippen LogP contribution in [0.3, 0.4) is 0 Å². The fraction of sp³-hybridized carbons (Fsp3) is 0.538. The van der Waals surface area contributed by atoms with E-state index in [2.05, 4.69) is 10.0 Å². The fourth-order valence-electron chi connectivity index (χ4n) is 2.04. The molecule has 2 rings (SSSR count). The summed E-state index contributed by atoms with van der Waals surface area (Å²) in [4.78, 5) is -0.172. The van der Waals surface area contributed by atoms with Gasteiger partial charge in [-0.15, -0.1) is 0 Å². The zero-order valence-electron chi connectivity index (χ0n) is 11.7. The summed E-state index contributed by atoms with van der Waals surface area (Å²) in [7, 11) is -3.86. The Labute approximate surface area is 121 Å². The van der Waals surface area contributed by atoms with E-state index in [0.29, 0.717) is 0 Å². The summed E-state index contributed by atoms with van der Waals surface area (Å²) in [6.07, 6.45) is -4.51. The van der Waals surface area contributed by atoms with Gasteiger partial charge in [0.2, 0.25) is 10.0 Å². The third-order valence-corrected chi connectivity index (χ3v) is 4.95. The van der Waals surface area contributed by atoms with Gasteiger partial charge in [-0.05, 0) is 38.8 Å². The first kappa shape index (κ1) is 16.1. The Balaban J connectivity index is 2.35. The summed E-state index contributed by atoms with van der Waals surface area (Å²) >= 11 is 0. The Hall–Kier alpha value is -1.28. The molecule has 118 valence electrons. The number of para-hydroxylation sites is 1. The fourth-order valence-corrected chi connectivity index (χ4v) is 3.45. The predicted molar refractivity (Wildman–Crippen MR) is 73.5 cm³/mol. The van der Waals surface area contributed by atoms with E-state index in [4.69, 9.17) is 0 Å². The van der Waals surface area contributed by atoms with Crippen LogP contribution in [0.5, 0.6) is 0 Å². The van der Waals surface area contributed by atoms with Gasteiger partial charge in [-0.2, -0.15) is 13.2 Å². The van der Waals surface area contributed by atoms with Crippen molar-refractivity contribution in [3.63, 3.8) is 0 Å². The molecule has 0 radical (unpaired) electrons. The van der Waals surface area contributed by atoms with Crippen LogP contribution in [-0.4, -0.2) is 26.2 Å². The number of sulfonamides is 1. The van der Waals surface area contributed by atoms with E-state index in [1.165, 1.54) is 24.3 Å². The van der Waals surface area contributed by atoms with Crippen LogP contribution in [0.1, 0.15) is 26.7 Å². The van der Waals surface area contributed by atoms with Crippen molar-refractivity contribution in [2.75, 3.05) is 5.32 Å². The molecule has 0 amide bonds. The van der Waals surface area contributed by atoms with Gasteiger partial charge in [0, 0.05) is 6.04 Å². The first-order valence-corrected chi connectivity index (χ1v) is 8.02. The lowest BCUT2D eigenvalue weighted by Crippen LogP contribution is -2.39. The molecular formula is C13H17F3N2O2S. The third-order valence-electron chi connectivity index (χ3n) is 3.23. The summed E-state index contributed by atoms with van der Waals surface area (Å²) in [6, 6.07) is 5.27. The molecule has 0 saturated heterocycles. The maximum absolute atomic E-state index is 13.0. The molecule has 0 atom stereocenters. The molecule has 1 saturated carbocycles. The maximum Gasteiger partial charge on any atom is 0.411 e. The van der Waals surface area contributed by atoms with E-state index in [0.717, 1.165) is 0 Å². The SMILES string of the molecule is CC(C)NS(=O)(=O)c1ccccc1NC1(C(F)(F)F)CC1. The van der Waals surface area contributed by atoms with Crippen LogP contribution >= 0.6 is 0 Å².